The standard InChI is InChI=1S/C13H20BrN3O.HI/c1-4-15-13(16-5-2)17-9-10-6-7-12(18-3)11(14)8-10;/h6-8H,4-5,9H2,1-3H3,(H2,15,16,17);1H. The number of ether oxygens (including phenoxy) is 1. The zero-order valence-electron chi connectivity index (χ0n) is 11.5. The first kappa shape index (κ1) is 18.5. The van der Waals surface area contributed by atoms with Gasteiger partial charge in [-0.1, -0.05) is 6.07 Å². The van der Waals surface area contributed by atoms with E-state index in [1.165, 1.54) is 0 Å². The Labute approximate surface area is 140 Å². The fraction of sp³-hybridized carbons (Fsp3) is 0.462. The molecule has 0 bridgehead atoms. The number of nitrogens with one attached hydrogen (secondary N) is 2. The number of hydrogen-bond acceptors (Lipinski definition) is 2. The molecule has 19 heavy (non-hydrogen) atoms. The van der Waals surface area contributed by atoms with Gasteiger partial charge in [-0.25, -0.2) is 4.99 Å². The highest BCUT2D eigenvalue weighted by Crippen LogP contribution is 2.25. The molecule has 6 heteroatoms. The van der Waals surface area contributed by atoms with E-state index in [1.54, 1.807) is 7.11 Å². The lowest BCUT2D eigenvalue weighted by molar-refractivity contribution is 0.412. The Morgan fingerprint density at radius 1 is 1.26 bits per heavy atom. The van der Waals surface area contributed by atoms with Crippen molar-refractivity contribution in [3.05, 3.63) is 28.2 Å². The number of rotatable bonds is 5. The molecule has 0 aliphatic rings. The molecule has 1 aromatic carbocycles. The molecule has 0 unspecified atom stereocenters. The number of halogens is 2. The van der Waals surface area contributed by atoms with Gasteiger partial charge in [-0.2, -0.15) is 0 Å². The van der Waals surface area contributed by atoms with E-state index in [2.05, 4.69) is 45.4 Å². The molecule has 0 heterocycles. The lowest BCUT2D eigenvalue weighted by atomic mass is 10.2. The lowest BCUT2D eigenvalue weighted by Crippen LogP contribution is -2.36. The predicted molar refractivity (Wildman–Crippen MR) is 94.6 cm³/mol. The van der Waals surface area contributed by atoms with E-state index in [0.29, 0.717) is 6.54 Å². The van der Waals surface area contributed by atoms with Crippen molar-refractivity contribution < 1.29 is 4.74 Å². The second-order valence-corrected chi connectivity index (χ2v) is 4.55. The van der Waals surface area contributed by atoms with Crippen molar-refractivity contribution in [2.75, 3.05) is 20.2 Å². The van der Waals surface area contributed by atoms with Crippen molar-refractivity contribution in [3.63, 3.8) is 0 Å². The minimum absolute atomic E-state index is 0. The fourth-order valence-corrected chi connectivity index (χ4v) is 2.08. The Kier molecular flexibility index (Phi) is 10.0. The van der Waals surface area contributed by atoms with Gasteiger partial charge in [0.2, 0.25) is 0 Å². The van der Waals surface area contributed by atoms with Gasteiger partial charge >= 0.3 is 0 Å². The van der Waals surface area contributed by atoms with Crippen molar-refractivity contribution in [1.29, 1.82) is 0 Å². The molecular formula is C13H21BrIN3O. The molecule has 1 aromatic rings. The molecule has 0 aromatic heterocycles. The summed E-state index contributed by atoms with van der Waals surface area (Å²) in [5, 5.41) is 6.39. The molecule has 0 radical (unpaired) electrons. The first-order valence-electron chi connectivity index (χ1n) is 6.05. The quantitative estimate of drug-likeness (QED) is 0.419. The minimum atomic E-state index is 0. The highest BCUT2D eigenvalue weighted by atomic mass is 127. The van der Waals surface area contributed by atoms with Crippen molar-refractivity contribution in [2.24, 2.45) is 4.99 Å². The first-order valence-corrected chi connectivity index (χ1v) is 6.85. The van der Waals surface area contributed by atoms with Crippen molar-refractivity contribution >= 4 is 45.9 Å². The number of guanidine groups is 1. The summed E-state index contributed by atoms with van der Waals surface area (Å²) in [6.45, 7) is 6.46. The SMILES string of the molecule is CCNC(=NCc1ccc(OC)c(Br)c1)NCC.I. The molecule has 1 rings (SSSR count). The highest BCUT2D eigenvalue weighted by molar-refractivity contribution is 14.0. The third-order valence-electron chi connectivity index (χ3n) is 2.32. The van der Waals surface area contributed by atoms with Gasteiger partial charge in [-0.15, -0.1) is 24.0 Å². The maximum absolute atomic E-state index is 5.20. The highest BCUT2D eigenvalue weighted by Gasteiger charge is 2.01. The predicted octanol–water partition coefficient (Wildman–Crippen LogP) is 3.15. The topological polar surface area (TPSA) is 45.7 Å². The molecule has 0 spiro atoms. The van der Waals surface area contributed by atoms with Gasteiger partial charge in [0.05, 0.1) is 18.1 Å². The Balaban J connectivity index is 0.00000324. The monoisotopic (exact) mass is 441 g/mol. The molecule has 0 fully saturated rings. The van der Waals surface area contributed by atoms with Crippen LogP contribution < -0.4 is 15.4 Å². The first-order chi connectivity index (χ1) is 8.71. The van der Waals surface area contributed by atoms with E-state index < -0.39 is 0 Å². The van der Waals surface area contributed by atoms with Crippen LogP contribution in [0.2, 0.25) is 0 Å². The molecule has 0 saturated carbocycles. The van der Waals surface area contributed by atoms with Crippen LogP contribution in [0, 0.1) is 0 Å². The molecule has 0 aliphatic heterocycles. The van der Waals surface area contributed by atoms with Crippen molar-refractivity contribution in [1.82, 2.24) is 10.6 Å². The Bertz CT molecular complexity index is 405. The van der Waals surface area contributed by atoms with Crippen molar-refractivity contribution in [3.8, 4) is 5.75 Å². The minimum Gasteiger partial charge on any atom is -0.496 e. The summed E-state index contributed by atoms with van der Waals surface area (Å²) in [7, 11) is 1.66. The van der Waals surface area contributed by atoms with Gasteiger partial charge in [-0.05, 0) is 47.5 Å². The van der Waals surface area contributed by atoms with Crippen LogP contribution >= 0.6 is 39.9 Å². The zero-order chi connectivity index (χ0) is 13.4. The van der Waals surface area contributed by atoms with Gasteiger partial charge in [0, 0.05) is 13.1 Å². The van der Waals surface area contributed by atoms with Gasteiger partial charge in [0.15, 0.2) is 5.96 Å². The maximum atomic E-state index is 5.20. The third kappa shape index (κ3) is 6.47. The Morgan fingerprint density at radius 3 is 2.37 bits per heavy atom. The van der Waals surface area contributed by atoms with Crippen LogP contribution in [0.15, 0.2) is 27.7 Å². The van der Waals surface area contributed by atoms with Gasteiger partial charge in [-0.3, -0.25) is 0 Å². The second kappa shape index (κ2) is 10.3. The maximum Gasteiger partial charge on any atom is 0.191 e. The number of aliphatic imine (C=N–C) groups is 1. The Morgan fingerprint density at radius 2 is 1.89 bits per heavy atom. The smallest absolute Gasteiger partial charge is 0.191 e. The molecule has 2 N–H and O–H groups in total. The summed E-state index contributed by atoms with van der Waals surface area (Å²) < 4.78 is 6.15. The van der Waals surface area contributed by atoms with Crippen LogP contribution in [0.3, 0.4) is 0 Å². The average Bonchev–Trinajstić information content (AvgIpc) is 2.36. The van der Waals surface area contributed by atoms with E-state index in [4.69, 9.17) is 4.74 Å². The summed E-state index contributed by atoms with van der Waals surface area (Å²) >= 11 is 3.47. The molecular weight excluding hydrogens is 421 g/mol. The number of methoxy groups -OCH3 is 1. The van der Waals surface area contributed by atoms with Gasteiger partial charge < -0.3 is 15.4 Å². The molecule has 0 atom stereocenters. The van der Waals surface area contributed by atoms with Crippen LogP contribution in [0.1, 0.15) is 19.4 Å². The summed E-state index contributed by atoms with van der Waals surface area (Å²) in [5.74, 6) is 1.67. The molecule has 0 aliphatic carbocycles. The van der Waals surface area contributed by atoms with Crippen LogP contribution in [0.5, 0.6) is 5.75 Å². The number of hydrogen-bond donors (Lipinski definition) is 2. The van der Waals surface area contributed by atoms with Gasteiger partial charge in [0.1, 0.15) is 5.75 Å². The number of nitrogens with zero attached hydrogens (tertiary/aromatic N) is 1. The molecule has 4 nitrogen and oxygen atoms in total. The van der Waals surface area contributed by atoms with Gasteiger partial charge in [0.25, 0.3) is 0 Å². The molecule has 108 valence electrons. The van der Waals surface area contributed by atoms with E-state index in [1.807, 2.05) is 18.2 Å². The lowest BCUT2D eigenvalue weighted by Gasteiger charge is -2.09. The summed E-state index contributed by atoms with van der Waals surface area (Å²) in [6.07, 6.45) is 0. The number of benzene rings is 1. The van der Waals surface area contributed by atoms with Crippen LogP contribution in [-0.2, 0) is 6.54 Å². The Hall–Kier alpha value is -0.500. The van der Waals surface area contributed by atoms with Crippen LogP contribution in [-0.4, -0.2) is 26.2 Å². The average molecular weight is 442 g/mol. The second-order valence-electron chi connectivity index (χ2n) is 3.69. The zero-order valence-corrected chi connectivity index (χ0v) is 15.4. The van der Waals surface area contributed by atoms with Crippen LogP contribution in [0.25, 0.3) is 0 Å². The summed E-state index contributed by atoms with van der Waals surface area (Å²) in [6, 6.07) is 5.98. The normalized spacial score (nSPS) is 9.26. The largest absolute Gasteiger partial charge is 0.496 e. The van der Waals surface area contributed by atoms with E-state index in [-0.39, 0.29) is 24.0 Å². The van der Waals surface area contributed by atoms with Crippen LogP contribution in [0.4, 0.5) is 0 Å². The van der Waals surface area contributed by atoms with E-state index in [0.717, 1.165) is 34.8 Å². The fourth-order valence-electron chi connectivity index (χ4n) is 1.49. The third-order valence-corrected chi connectivity index (χ3v) is 2.94. The summed E-state index contributed by atoms with van der Waals surface area (Å²) in [5.41, 5.74) is 1.14. The van der Waals surface area contributed by atoms with E-state index in [9.17, 15) is 0 Å². The molecule has 0 amide bonds. The van der Waals surface area contributed by atoms with E-state index >= 15 is 0 Å². The molecule has 0 saturated heterocycles. The van der Waals surface area contributed by atoms with Crippen molar-refractivity contribution in [2.45, 2.75) is 20.4 Å². The summed E-state index contributed by atoms with van der Waals surface area (Å²) in [4.78, 5) is 4.50.